The highest BCUT2D eigenvalue weighted by molar-refractivity contribution is 6.04. The number of carbonyl (C=O) groups is 2. The number of benzene rings is 1. The molecule has 1 fully saturated rings. The van der Waals surface area contributed by atoms with Crippen molar-refractivity contribution in [3.05, 3.63) is 54.4 Å². The number of pyridine rings is 1. The lowest BCUT2D eigenvalue weighted by atomic mass is 10.1. The average molecular weight is 466 g/mol. The van der Waals surface area contributed by atoms with E-state index in [-0.39, 0.29) is 30.7 Å². The van der Waals surface area contributed by atoms with Gasteiger partial charge in [-0.1, -0.05) is 6.07 Å². The van der Waals surface area contributed by atoms with Crippen LogP contribution in [0, 0.1) is 0 Å². The summed E-state index contributed by atoms with van der Waals surface area (Å²) in [6.45, 7) is 1.82. The summed E-state index contributed by atoms with van der Waals surface area (Å²) in [7, 11) is 1.56. The molecular formula is C24H27N5O5. The molecule has 0 spiro atoms. The van der Waals surface area contributed by atoms with Crippen molar-refractivity contribution in [3.8, 4) is 17.1 Å². The molecule has 1 aliphatic heterocycles. The number of H-pyrrole nitrogens is 1. The van der Waals surface area contributed by atoms with Gasteiger partial charge in [0, 0.05) is 31.0 Å². The van der Waals surface area contributed by atoms with Crippen molar-refractivity contribution in [1.82, 2.24) is 15.2 Å². The number of nitrogens with zero attached hydrogens (tertiary/aromatic N) is 3. The number of aromatic nitrogens is 3. The second kappa shape index (κ2) is 10.8. The minimum absolute atomic E-state index is 0.0214. The zero-order valence-electron chi connectivity index (χ0n) is 18.9. The van der Waals surface area contributed by atoms with Crippen LogP contribution < -0.4 is 15.0 Å². The predicted octanol–water partition coefficient (Wildman–Crippen LogP) is 3.19. The van der Waals surface area contributed by atoms with Crippen LogP contribution in [0.5, 0.6) is 5.75 Å². The van der Waals surface area contributed by atoms with Gasteiger partial charge in [-0.15, -0.1) is 0 Å². The molecule has 1 saturated heterocycles. The molecule has 3 N–H and O–H groups in total. The first-order valence-electron chi connectivity index (χ1n) is 11.1. The highest BCUT2D eigenvalue weighted by atomic mass is 16.5. The number of methoxy groups -OCH3 is 1. The van der Waals surface area contributed by atoms with E-state index < -0.39 is 5.97 Å². The van der Waals surface area contributed by atoms with E-state index in [1.54, 1.807) is 37.6 Å². The van der Waals surface area contributed by atoms with Gasteiger partial charge >= 0.3 is 5.97 Å². The molecule has 1 aromatic carbocycles. The number of aliphatic carboxylic acids is 1. The van der Waals surface area contributed by atoms with Gasteiger partial charge in [0.25, 0.3) is 5.91 Å². The summed E-state index contributed by atoms with van der Waals surface area (Å²) in [4.78, 5) is 30.1. The lowest BCUT2D eigenvalue weighted by Crippen LogP contribution is -2.37. The van der Waals surface area contributed by atoms with E-state index in [2.05, 4.69) is 25.4 Å². The first kappa shape index (κ1) is 23.2. The number of carboxylic acids is 1. The quantitative estimate of drug-likeness (QED) is 0.439. The molecule has 178 valence electrons. The molecule has 10 heteroatoms. The molecule has 0 unspecified atom stereocenters. The Balaban J connectivity index is 1.39. The molecular weight excluding hydrogens is 438 g/mol. The summed E-state index contributed by atoms with van der Waals surface area (Å²) in [6.07, 6.45) is 3.36. The summed E-state index contributed by atoms with van der Waals surface area (Å²) in [6, 6.07) is 12.7. The Hall–Kier alpha value is -3.92. The maximum atomic E-state index is 12.8. The Labute approximate surface area is 196 Å². The molecule has 4 rings (SSSR count). The summed E-state index contributed by atoms with van der Waals surface area (Å²) in [5, 5.41) is 18.4. The number of anilines is 2. The van der Waals surface area contributed by atoms with E-state index in [1.165, 1.54) is 0 Å². The number of carboxylic acid groups (broad SMARTS) is 1. The van der Waals surface area contributed by atoms with E-state index in [0.717, 1.165) is 37.3 Å². The van der Waals surface area contributed by atoms with Gasteiger partial charge in [0.2, 0.25) is 0 Å². The second-order valence-electron chi connectivity index (χ2n) is 7.92. The summed E-state index contributed by atoms with van der Waals surface area (Å²) in [5.74, 6) is -0.639. The summed E-state index contributed by atoms with van der Waals surface area (Å²) in [5.41, 5.74) is 3.17. The maximum Gasteiger partial charge on any atom is 0.305 e. The number of amides is 1. The van der Waals surface area contributed by atoms with Crippen LogP contribution in [0.25, 0.3) is 11.4 Å². The zero-order chi connectivity index (χ0) is 23.9. The fourth-order valence-electron chi connectivity index (χ4n) is 3.87. The number of nitrogens with one attached hydrogen (secondary N) is 2. The minimum atomic E-state index is -0.849. The van der Waals surface area contributed by atoms with E-state index in [0.29, 0.717) is 17.1 Å². The molecule has 0 saturated carbocycles. The van der Waals surface area contributed by atoms with Gasteiger partial charge in [-0.2, -0.15) is 5.10 Å². The van der Waals surface area contributed by atoms with Gasteiger partial charge in [0.1, 0.15) is 11.4 Å². The fourth-order valence-corrected chi connectivity index (χ4v) is 3.87. The average Bonchev–Trinajstić information content (AvgIpc) is 3.40. The van der Waals surface area contributed by atoms with Crippen LogP contribution in [0.2, 0.25) is 0 Å². The van der Waals surface area contributed by atoms with Crippen molar-refractivity contribution in [2.45, 2.75) is 25.4 Å². The van der Waals surface area contributed by atoms with Crippen molar-refractivity contribution < 1.29 is 24.2 Å². The molecule has 10 nitrogen and oxygen atoms in total. The Morgan fingerprint density at radius 3 is 2.74 bits per heavy atom. The van der Waals surface area contributed by atoms with Crippen LogP contribution >= 0.6 is 0 Å². The first-order valence-corrected chi connectivity index (χ1v) is 11.1. The molecule has 1 amide bonds. The van der Waals surface area contributed by atoms with Crippen molar-refractivity contribution in [2.24, 2.45) is 0 Å². The molecule has 2 aromatic heterocycles. The van der Waals surface area contributed by atoms with Crippen LogP contribution in [0.15, 0.2) is 48.7 Å². The van der Waals surface area contributed by atoms with E-state index in [4.69, 9.17) is 14.6 Å². The lowest BCUT2D eigenvalue weighted by Gasteiger charge is -2.33. The van der Waals surface area contributed by atoms with Gasteiger partial charge < -0.3 is 24.8 Å². The molecule has 0 radical (unpaired) electrons. The standard InChI is InChI=1S/C24H27N5O5/c1-33-22-15-16(29-12-8-17(9-13-29)34-14-10-23(30)31)5-6-20(22)27-24(32)21-4-2-3-18(26-21)19-7-11-25-28-19/h2-7,11,15,17H,8-10,12-14H2,1H3,(H,25,28)(H,27,32)(H,30,31). The van der Waals surface area contributed by atoms with Crippen molar-refractivity contribution in [3.63, 3.8) is 0 Å². The highest BCUT2D eigenvalue weighted by Crippen LogP contribution is 2.32. The van der Waals surface area contributed by atoms with Crippen LogP contribution in [0.1, 0.15) is 29.8 Å². The van der Waals surface area contributed by atoms with Gasteiger partial charge in [-0.05, 0) is 43.2 Å². The van der Waals surface area contributed by atoms with E-state index >= 15 is 0 Å². The number of hydrogen-bond donors (Lipinski definition) is 3. The first-order chi connectivity index (χ1) is 16.5. The predicted molar refractivity (Wildman–Crippen MR) is 126 cm³/mol. The number of hydrogen-bond acceptors (Lipinski definition) is 7. The van der Waals surface area contributed by atoms with Gasteiger partial charge in [-0.25, -0.2) is 4.98 Å². The SMILES string of the molecule is COc1cc(N2CCC(OCCC(=O)O)CC2)ccc1NC(=O)c1cccc(-c2ccn[nH]2)n1. The van der Waals surface area contributed by atoms with Crippen LogP contribution in [0.3, 0.4) is 0 Å². The fraction of sp³-hybridized carbons (Fsp3) is 0.333. The molecule has 3 heterocycles. The van der Waals surface area contributed by atoms with E-state index in [9.17, 15) is 9.59 Å². The molecule has 0 aliphatic carbocycles. The van der Waals surface area contributed by atoms with Crippen molar-refractivity contribution in [2.75, 3.05) is 37.0 Å². The number of ether oxygens (including phenoxy) is 2. The third-order valence-corrected chi connectivity index (χ3v) is 5.67. The monoisotopic (exact) mass is 465 g/mol. The van der Waals surface area contributed by atoms with Gasteiger partial charge in [0.05, 0.1) is 43.3 Å². The maximum absolute atomic E-state index is 12.8. The topological polar surface area (TPSA) is 130 Å². The Kier molecular flexibility index (Phi) is 7.38. The molecule has 1 aliphatic rings. The summed E-state index contributed by atoms with van der Waals surface area (Å²) < 4.78 is 11.2. The van der Waals surface area contributed by atoms with Gasteiger partial charge in [0.15, 0.2) is 0 Å². The zero-order valence-corrected chi connectivity index (χ0v) is 18.9. The van der Waals surface area contributed by atoms with Crippen LogP contribution in [-0.2, 0) is 9.53 Å². The van der Waals surface area contributed by atoms with Crippen molar-refractivity contribution in [1.29, 1.82) is 0 Å². The Morgan fingerprint density at radius 2 is 2.03 bits per heavy atom. The highest BCUT2D eigenvalue weighted by Gasteiger charge is 2.21. The van der Waals surface area contributed by atoms with Gasteiger partial charge in [-0.3, -0.25) is 14.7 Å². The Morgan fingerprint density at radius 1 is 1.21 bits per heavy atom. The van der Waals surface area contributed by atoms with E-state index in [1.807, 2.05) is 18.2 Å². The third kappa shape index (κ3) is 5.70. The summed E-state index contributed by atoms with van der Waals surface area (Å²) >= 11 is 0. The third-order valence-electron chi connectivity index (χ3n) is 5.67. The van der Waals surface area contributed by atoms with Crippen LogP contribution in [0.4, 0.5) is 11.4 Å². The number of rotatable bonds is 9. The molecule has 0 bridgehead atoms. The molecule has 3 aromatic rings. The molecule has 0 atom stereocenters. The number of carbonyl (C=O) groups excluding carboxylic acids is 1. The smallest absolute Gasteiger partial charge is 0.305 e. The largest absolute Gasteiger partial charge is 0.494 e. The lowest BCUT2D eigenvalue weighted by molar-refractivity contribution is -0.138. The Bertz CT molecular complexity index is 1130. The van der Waals surface area contributed by atoms with Crippen LogP contribution in [-0.4, -0.2) is 65.1 Å². The van der Waals surface area contributed by atoms with Crippen molar-refractivity contribution >= 4 is 23.3 Å². The number of aromatic amines is 1. The number of piperidine rings is 1. The minimum Gasteiger partial charge on any atom is -0.494 e. The second-order valence-corrected chi connectivity index (χ2v) is 7.92. The normalized spacial score (nSPS) is 14.1. The molecule has 34 heavy (non-hydrogen) atoms.